The van der Waals surface area contributed by atoms with Crippen molar-refractivity contribution in [2.45, 2.75) is 0 Å². The minimum Gasteiger partial charge on any atom is -0.334 e. The number of hydrogen-bond acceptors (Lipinski definition) is 8. The van der Waals surface area contributed by atoms with Gasteiger partial charge in [-0.05, 0) is 0 Å². The number of aryl methyl sites for hydroxylation is 2. The minimum atomic E-state index is 0.663. The molecule has 8 rings (SSSR count). The van der Waals surface area contributed by atoms with Crippen molar-refractivity contribution in [1.29, 1.82) is 0 Å². The van der Waals surface area contributed by atoms with Gasteiger partial charge < -0.3 is 9.13 Å². The number of nitrogens with zero attached hydrogens (tertiary/aromatic N) is 8. The van der Waals surface area contributed by atoms with Gasteiger partial charge >= 0.3 is 0 Å². The zero-order valence-corrected chi connectivity index (χ0v) is 27.6. The Morgan fingerprint density at radius 2 is 0.860 bits per heavy atom. The van der Waals surface area contributed by atoms with Crippen LogP contribution in [0.4, 0.5) is 11.6 Å². The summed E-state index contributed by atoms with van der Waals surface area (Å²) in [6, 6.07) is 44.2. The fraction of sp³-hybridized carbons (Fsp3) is 0.0500. The Morgan fingerprint density at radius 1 is 0.460 bits per heavy atom. The first-order valence-electron chi connectivity index (χ1n) is 16.1. The molecule has 0 amide bonds. The van der Waals surface area contributed by atoms with Crippen molar-refractivity contribution in [2.24, 2.45) is 24.3 Å². The maximum Gasteiger partial charge on any atom is 0.148 e. The average molecular weight is 655 g/mol. The highest BCUT2D eigenvalue weighted by Crippen LogP contribution is 2.18. The summed E-state index contributed by atoms with van der Waals surface area (Å²) in [5.41, 5.74) is 15.8. The summed E-state index contributed by atoms with van der Waals surface area (Å²) in [5, 5.41) is 9.25. The van der Waals surface area contributed by atoms with E-state index in [0.717, 1.165) is 55.7 Å². The normalized spacial score (nSPS) is 10.6. The van der Waals surface area contributed by atoms with Crippen LogP contribution < -0.4 is 10.9 Å². The molecule has 2 N–H and O–H groups in total. The Labute approximate surface area is 289 Å². The molecular weight excluding hydrogens is 621 g/mol. The van der Waals surface area contributed by atoms with Crippen molar-refractivity contribution in [2.75, 3.05) is 10.9 Å². The lowest BCUT2D eigenvalue weighted by atomic mass is 10.0. The lowest BCUT2D eigenvalue weighted by molar-refractivity contribution is 0.945. The van der Waals surface area contributed by atoms with Gasteiger partial charge in [0.25, 0.3) is 0 Å². The van der Waals surface area contributed by atoms with Gasteiger partial charge in [-0.1, -0.05) is 121 Å². The molecule has 0 aliphatic heterocycles. The van der Waals surface area contributed by atoms with Gasteiger partial charge in [0, 0.05) is 48.5 Å². The van der Waals surface area contributed by atoms with Gasteiger partial charge in [-0.3, -0.25) is 10.9 Å². The van der Waals surface area contributed by atoms with Crippen LogP contribution in [0.2, 0.25) is 0 Å². The smallest absolute Gasteiger partial charge is 0.148 e. The minimum absolute atomic E-state index is 0.663. The van der Waals surface area contributed by atoms with Gasteiger partial charge in [-0.15, -0.1) is 0 Å². The SMILES string of the molecule is Cn1cnc2cc(NN=C(c3ccccc3)c3ccccc3)ncc21.Cn1cnc2cnc(NN=C(c3ccccc3)c3ccccc3)cc21. The largest absolute Gasteiger partial charge is 0.334 e. The molecule has 10 heteroatoms. The van der Waals surface area contributed by atoms with E-state index < -0.39 is 0 Å². The van der Waals surface area contributed by atoms with Crippen LogP contribution in [0.3, 0.4) is 0 Å². The Kier molecular flexibility index (Phi) is 9.41. The summed E-state index contributed by atoms with van der Waals surface area (Å²) in [7, 11) is 3.91. The number of fused-ring (bicyclic) bond motifs is 2. The van der Waals surface area contributed by atoms with E-state index in [2.05, 4.69) is 41.0 Å². The van der Waals surface area contributed by atoms with Gasteiger partial charge in [0.15, 0.2) is 0 Å². The first-order chi connectivity index (χ1) is 24.6. The van der Waals surface area contributed by atoms with E-state index in [1.807, 2.05) is 157 Å². The van der Waals surface area contributed by atoms with Gasteiger partial charge in [0.2, 0.25) is 0 Å². The monoisotopic (exact) mass is 654 g/mol. The molecular formula is C40H34N10. The lowest BCUT2D eigenvalue weighted by Gasteiger charge is -2.08. The fourth-order valence-electron chi connectivity index (χ4n) is 5.38. The molecule has 0 saturated heterocycles. The number of benzene rings is 4. The highest BCUT2D eigenvalue weighted by Gasteiger charge is 2.09. The van der Waals surface area contributed by atoms with Crippen LogP contribution in [0, 0.1) is 0 Å². The van der Waals surface area contributed by atoms with E-state index in [0.29, 0.717) is 11.6 Å². The van der Waals surface area contributed by atoms with E-state index in [-0.39, 0.29) is 0 Å². The van der Waals surface area contributed by atoms with Crippen molar-refractivity contribution in [1.82, 2.24) is 29.1 Å². The third kappa shape index (κ3) is 7.29. The number of hydrazone groups is 2. The van der Waals surface area contributed by atoms with E-state index in [4.69, 9.17) is 0 Å². The van der Waals surface area contributed by atoms with E-state index in [1.54, 1.807) is 25.0 Å². The summed E-state index contributed by atoms with van der Waals surface area (Å²) in [6.45, 7) is 0. The van der Waals surface area contributed by atoms with Crippen molar-refractivity contribution in [3.8, 4) is 0 Å². The zero-order valence-electron chi connectivity index (χ0n) is 27.6. The van der Waals surface area contributed by atoms with E-state index in [9.17, 15) is 0 Å². The topological polar surface area (TPSA) is 110 Å². The predicted molar refractivity (Wildman–Crippen MR) is 201 cm³/mol. The quantitative estimate of drug-likeness (QED) is 0.129. The Hall–Kier alpha value is -6.94. The van der Waals surface area contributed by atoms with Gasteiger partial charge in [0.05, 0.1) is 53.0 Å². The Balaban J connectivity index is 0.000000157. The number of imidazole rings is 2. The zero-order chi connectivity index (χ0) is 34.1. The molecule has 8 aromatic rings. The number of aromatic nitrogens is 6. The van der Waals surface area contributed by atoms with E-state index >= 15 is 0 Å². The number of nitrogens with one attached hydrogen (secondary N) is 2. The predicted octanol–water partition coefficient (Wildman–Crippen LogP) is 7.67. The van der Waals surface area contributed by atoms with Crippen molar-refractivity contribution in [3.05, 3.63) is 181 Å². The summed E-state index contributed by atoms with van der Waals surface area (Å²) in [4.78, 5) is 17.4. The van der Waals surface area contributed by atoms with Crippen LogP contribution in [0.1, 0.15) is 22.3 Å². The lowest BCUT2D eigenvalue weighted by Crippen LogP contribution is -2.07. The summed E-state index contributed by atoms with van der Waals surface area (Å²) >= 11 is 0. The van der Waals surface area contributed by atoms with Crippen LogP contribution in [-0.2, 0) is 14.1 Å². The second-order valence-electron chi connectivity index (χ2n) is 11.4. The Morgan fingerprint density at radius 3 is 1.34 bits per heavy atom. The summed E-state index contributed by atoms with van der Waals surface area (Å²) in [6.07, 6.45) is 7.10. The first kappa shape index (κ1) is 31.6. The molecule has 0 unspecified atom stereocenters. The van der Waals surface area contributed by atoms with E-state index in [1.165, 1.54) is 0 Å². The standard InChI is InChI=1S/2C20H17N5/c1-25-14-22-17-13-21-19(12-18(17)25)23-24-20(15-8-4-2-5-9-15)16-10-6-3-7-11-16;1-25-14-22-17-12-19(21-13-18(17)25)23-24-20(15-8-4-2-5-9-15)16-10-6-3-7-11-16/h2*2-14H,1H3,(H,21,23). The van der Waals surface area contributed by atoms with Gasteiger partial charge in [-0.25, -0.2) is 19.9 Å². The molecule has 244 valence electrons. The first-order valence-corrected chi connectivity index (χ1v) is 16.1. The maximum absolute atomic E-state index is 4.63. The van der Waals surface area contributed by atoms with Crippen molar-refractivity contribution < 1.29 is 0 Å². The molecule has 50 heavy (non-hydrogen) atoms. The second-order valence-corrected chi connectivity index (χ2v) is 11.4. The third-order valence-electron chi connectivity index (χ3n) is 7.98. The molecule has 0 aliphatic rings. The highest BCUT2D eigenvalue weighted by atomic mass is 15.3. The van der Waals surface area contributed by atoms with Crippen molar-refractivity contribution in [3.63, 3.8) is 0 Å². The van der Waals surface area contributed by atoms with Crippen LogP contribution in [0.15, 0.2) is 169 Å². The molecule has 0 atom stereocenters. The molecule has 0 spiro atoms. The number of anilines is 2. The fourth-order valence-corrected chi connectivity index (χ4v) is 5.38. The number of pyridine rings is 2. The van der Waals surface area contributed by atoms with Crippen molar-refractivity contribution >= 4 is 45.1 Å². The van der Waals surface area contributed by atoms with Crippen LogP contribution in [-0.4, -0.2) is 40.5 Å². The molecule has 4 aromatic carbocycles. The highest BCUT2D eigenvalue weighted by molar-refractivity contribution is 6.13. The maximum atomic E-state index is 4.63. The molecule has 0 saturated carbocycles. The van der Waals surface area contributed by atoms with Crippen LogP contribution >= 0.6 is 0 Å². The Bertz CT molecular complexity index is 2300. The molecule has 4 aromatic heterocycles. The summed E-state index contributed by atoms with van der Waals surface area (Å²) < 4.78 is 3.90. The molecule has 4 heterocycles. The third-order valence-corrected chi connectivity index (χ3v) is 7.98. The number of rotatable bonds is 8. The second kappa shape index (κ2) is 14.9. The molecule has 0 fully saturated rings. The molecule has 0 aliphatic carbocycles. The van der Waals surface area contributed by atoms with Crippen LogP contribution in [0.5, 0.6) is 0 Å². The van der Waals surface area contributed by atoms with Gasteiger partial charge in [0.1, 0.15) is 17.2 Å². The van der Waals surface area contributed by atoms with Gasteiger partial charge in [-0.2, -0.15) is 10.2 Å². The number of hydrogen-bond donors (Lipinski definition) is 2. The summed E-state index contributed by atoms with van der Waals surface area (Å²) in [5.74, 6) is 1.34. The molecule has 0 bridgehead atoms. The van der Waals surface area contributed by atoms with Crippen LogP contribution in [0.25, 0.3) is 22.1 Å². The average Bonchev–Trinajstić information content (AvgIpc) is 3.74. The molecule has 0 radical (unpaired) electrons. The molecule has 10 nitrogen and oxygen atoms in total.